The van der Waals surface area contributed by atoms with Crippen LogP contribution >= 0.6 is 0 Å². The second-order valence-corrected chi connectivity index (χ2v) is 5.05. The SMILES string of the molecule is CC(C)C(C(=O)O)N(C(=O)CN)C(=O)Cc1ccccc1. The van der Waals surface area contributed by atoms with E-state index < -0.39 is 36.3 Å². The second kappa shape index (κ2) is 7.54. The summed E-state index contributed by atoms with van der Waals surface area (Å²) < 4.78 is 0. The molecule has 0 aromatic heterocycles. The Kier molecular flexibility index (Phi) is 6.05. The van der Waals surface area contributed by atoms with Crippen LogP contribution in [0.4, 0.5) is 0 Å². The average molecular weight is 292 g/mol. The molecule has 6 nitrogen and oxygen atoms in total. The van der Waals surface area contributed by atoms with E-state index in [1.54, 1.807) is 38.1 Å². The minimum atomic E-state index is -1.21. The lowest BCUT2D eigenvalue weighted by molar-refractivity contribution is -0.159. The number of nitrogens with two attached hydrogens (primary N) is 1. The first-order valence-electron chi connectivity index (χ1n) is 6.70. The number of amides is 2. The number of nitrogens with zero attached hydrogens (tertiary/aromatic N) is 1. The monoisotopic (exact) mass is 292 g/mol. The van der Waals surface area contributed by atoms with Crippen LogP contribution in [0, 0.1) is 5.92 Å². The molecule has 1 aromatic carbocycles. The molecule has 0 aliphatic heterocycles. The van der Waals surface area contributed by atoms with Gasteiger partial charge in [-0.25, -0.2) is 4.79 Å². The van der Waals surface area contributed by atoms with Crippen LogP contribution in [0.25, 0.3) is 0 Å². The normalized spacial score (nSPS) is 12.0. The van der Waals surface area contributed by atoms with Crippen molar-refractivity contribution in [1.29, 1.82) is 0 Å². The standard InChI is InChI=1S/C15H20N2O4/c1-10(2)14(15(20)21)17(13(19)9-16)12(18)8-11-6-4-3-5-7-11/h3-7,10,14H,8-9,16H2,1-2H3,(H,20,21). The Hall–Kier alpha value is -2.21. The molecule has 0 spiro atoms. The van der Waals surface area contributed by atoms with Crippen molar-refractivity contribution < 1.29 is 19.5 Å². The molecule has 1 atom stereocenters. The van der Waals surface area contributed by atoms with Crippen LogP contribution in [-0.4, -0.2) is 40.4 Å². The minimum absolute atomic E-state index is 0.0386. The summed E-state index contributed by atoms with van der Waals surface area (Å²) in [7, 11) is 0. The predicted molar refractivity (Wildman–Crippen MR) is 77.3 cm³/mol. The van der Waals surface area contributed by atoms with Gasteiger partial charge in [-0.1, -0.05) is 44.2 Å². The number of benzene rings is 1. The smallest absolute Gasteiger partial charge is 0.327 e. The van der Waals surface area contributed by atoms with Crippen molar-refractivity contribution >= 4 is 17.8 Å². The average Bonchev–Trinajstić information content (AvgIpc) is 2.43. The first kappa shape index (κ1) is 16.8. The van der Waals surface area contributed by atoms with Crippen molar-refractivity contribution in [1.82, 2.24) is 4.90 Å². The Morgan fingerprint density at radius 1 is 1.14 bits per heavy atom. The highest BCUT2D eigenvalue weighted by Crippen LogP contribution is 2.14. The molecule has 0 aliphatic rings. The summed E-state index contributed by atoms with van der Waals surface area (Å²) in [4.78, 5) is 36.4. The van der Waals surface area contributed by atoms with E-state index in [2.05, 4.69) is 0 Å². The van der Waals surface area contributed by atoms with Crippen LogP contribution < -0.4 is 5.73 Å². The molecule has 0 radical (unpaired) electrons. The van der Waals surface area contributed by atoms with Crippen molar-refractivity contribution in [2.45, 2.75) is 26.3 Å². The molecule has 0 saturated heterocycles. The molecule has 1 unspecified atom stereocenters. The van der Waals surface area contributed by atoms with Gasteiger partial charge in [0, 0.05) is 0 Å². The first-order valence-corrected chi connectivity index (χ1v) is 6.70. The van der Waals surface area contributed by atoms with E-state index in [4.69, 9.17) is 5.73 Å². The van der Waals surface area contributed by atoms with Crippen molar-refractivity contribution in [3.8, 4) is 0 Å². The van der Waals surface area contributed by atoms with Crippen molar-refractivity contribution in [3.63, 3.8) is 0 Å². The van der Waals surface area contributed by atoms with Crippen LogP contribution in [0.15, 0.2) is 30.3 Å². The van der Waals surface area contributed by atoms with Gasteiger partial charge in [0.05, 0.1) is 13.0 Å². The summed E-state index contributed by atoms with van der Waals surface area (Å²) in [6.45, 7) is 2.88. The van der Waals surface area contributed by atoms with E-state index >= 15 is 0 Å². The summed E-state index contributed by atoms with van der Waals surface area (Å²) in [6.07, 6.45) is -0.0386. The minimum Gasteiger partial charge on any atom is -0.480 e. The van der Waals surface area contributed by atoms with Gasteiger partial charge in [-0.15, -0.1) is 0 Å². The lowest BCUT2D eigenvalue weighted by Crippen LogP contribution is -2.53. The summed E-state index contributed by atoms with van der Waals surface area (Å²) in [5.41, 5.74) is 6.02. The number of aliphatic carboxylic acids is 1. The number of hydrogen-bond donors (Lipinski definition) is 2. The van der Waals surface area contributed by atoms with E-state index in [1.807, 2.05) is 6.07 Å². The van der Waals surface area contributed by atoms with E-state index in [0.717, 1.165) is 4.90 Å². The molecule has 0 heterocycles. The molecule has 0 saturated carbocycles. The van der Waals surface area contributed by atoms with Gasteiger partial charge < -0.3 is 10.8 Å². The van der Waals surface area contributed by atoms with Crippen LogP contribution in [0.3, 0.4) is 0 Å². The highest BCUT2D eigenvalue weighted by molar-refractivity contribution is 6.00. The summed E-state index contributed by atoms with van der Waals surface area (Å²) in [5.74, 6) is -2.86. The topological polar surface area (TPSA) is 101 Å². The molecule has 3 N–H and O–H groups in total. The van der Waals surface area contributed by atoms with Gasteiger partial charge in [0.2, 0.25) is 11.8 Å². The molecule has 0 aliphatic carbocycles. The number of carboxylic acids is 1. The quantitative estimate of drug-likeness (QED) is 0.802. The van der Waals surface area contributed by atoms with Gasteiger partial charge in [-0.3, -0.25) is 14.5 Å². The largest absolute Gasteiger partial charge is 0.480 e. The van der Waals surface area contributed by atoms with Crippen LogP contribution in [0.5, 0.6) is 0 Å². The fourth-order valence-corrected chi connectivity index (χ4v) is 2.10. The third-order valence-corrected chi connectivity index (χ3v) is 3.07. The Labute approximate surface area is 123 Å². The summed E-state index contributed by atoms with van der Waals surface area (Å²) in [5, 5.41) is 9.29. The Morgan fingerprint density at radius 2 is 1.71 bits per heavy atom. The van der Waals surface area contributed by atoms with E-state index in [9.17, 15) is 19.5 Å². The molecule has 2 amide bonds. The summed E-state index contributed by atoms with van der Waals surface area (Å²) >= 11 is 0. The number of carboxylic acid groups (broad SMARTS) is 1. The zero-order valence-electron chi connectivity index (χ0n) is 12.2. The van der Waals surface area contributed by atoms with Crippen LogP contribution in [0.1, 0.15) is 19.4 Å². The lowest BCUT2D eigenvalue weighted by Gasteiger charge is -2.29. The summed E-state index contributed by atoms with van der Waals surface area (Å²) in [6, 6.07) is 7.63. The second-order valence-electron chi connectivity index (χ2n) is 5.05. The molecule has 114 valence electrons. The number of imide groups is 1. The maximum absolute atomic E-state index is 12.3. The molecule has 0 fully saturated rings. The zero-order chi connectivity index (χ0) is 16.0. The van der Waals surface area contributed by atoms with Crippen LogP contribution in [-0.2, 0) is 20.8 Å². The molecule has 6 heteroatoms. The van der Waals surface area contributed by atoms with E-state index in [0.29, 0.717) is 5.56 Å². The van der Waals surface area contributed by atoms with Gasteiger partial charge in [-0.05, 0) is 11.5 Å². The fourth-order valence-electron chi connectivity index (χ4n) is 2.10. The Bertz CT molecular complexity index is 514. The third kappa shape index (κ3) is 4.39. The van der Waals surface area contributed by atoms with E-state index in [-0.39, 0.29) is 6.42 Å². The lowest BCUT2D eigenvalue weighted by atomic mass is 10.0. The maximum Gasteiger partial charge on any atom is 0.327 e. The molecular weight excluding hydrogens is 272 g/mol. The van der Waals surface area contributed by atoms with Gasteiger partial charge >= 0.3 is 5.97 Å². The number of carbonyl (C=O) groups is 3. The molecule has 0 bridgehead atoms. The van der Waals surface area contributed by atoms with Gasteiger partial charge in [0.15, 0.2) is 0 Å². The highest BCUT2D eigenvalue weighted by atomic mass is 16.4. The van der Waals surface area contributed by atoms with Gasteiger partial charge in [-0.2, -0.15) is 0 Å². The molecule has 21 heavy (non-hydrogen) atoms. The number of carbonyl (C=O) groups excluding carboxylic acids is 2. The van der Waals surface area contributed by atoms with Gasteiger partial charge in [0.1, 0.15) is 6.04 Å². The van der Waals surface area contributed by atoms with Crippen molar-refractivity contribution in [2.24, 2.45) is 11.7 Å². The molecule has 1 aromatic rings. The first-order chi connectivity index (χ1) is 9.88. The maximum atomic E-state index is 12.3. The Morgan fingerprint density at radius 3 is 2.14 bits per heavy atom. The zero-order valence-corrected chi connectivity index (χ0v) is 12.2. The third-order valence-electron chi connectivity index (χ3n) is 3.07. The fraction of sp³-hybridized carbons (Fsp3) is 0.400. The highest BCUT2D eigenvalue weighted by Gasteiger charge is 2.36. The van der Waals surface area contributed by atoms with Gasteiger partial charge in [0.25, 0.3) is 0 Å². The number of hydrogen-bond acceptors (Lipinski definition) is 4. The van der Waals surface area contributed by atoms with Crippen LogP contribution in [0.2, 0.25) is 0 Å². The number of rotatable bonds is 6. The predicted octanol–water partition coefficient (Wildman–Crippen LogP) is 0.652. The van der Waals surface area contributed by atoms with Crippen molar-refractivity contribution in [2.75, 3.05) is 6.54 Å². The molecular formula is C15H20N2O4. The van der Waals surface area contributed by atoms with E-state index in [1.165, 1.54) is 0 Å². The Balaban J connectivity index is 3.04. The van der Waals surface area contributed by atoms with Crippen molar-refractivity contribution in [3.05, 3.63) is 35.9 Å². The molecule has 1 rings (SSSR count).